The molecule has 1 aliphatic rings. The Morgan fingerprint density at radius 2 is 2.00 bits per heavy atom. The summed E-state index contributed by atoms with van der Waals surface area (Å²) in [5, 5.41) is 6.12. The highest BCUT2D eigenvalue weighted by molar-refractivity contribution is 5.79. The van der Waals surface area contributed by atoms with Crippen LogP contribution in [0.2, 0.25) is 0 Å². The normalized spacial score (nSPS) is 18.9. The van der Waals surface area contributed by atoms with Crippen LogP contribution in [-0.2, 0) is 9.53 Å². The molecule has 1 unspecified atom stereocenters. The monoisotopic (exact) mass is 257 g/mol. The van der Waals surface area contributed by atoms with Crippen molar-refractivity contribution in [2.45, 2.75) is 13.8 Å². The van der Waals surface area contributed by atoms with Gasteiger partial charge in [-0.25, -0.2) is 0 Å². The summed E-state index contributed by atoms with van der Waals surface area (Å²) in [6, 6.07) is 0. The molecule has 1 atom stereocenters. The largest absolute Gasteiger partial charge is 0.379 e. The minimum absolute atomic E-state index is 0.0553. The Morgan fingerprint density at radius 3 is 2.56 bits per heavy atom. The van der Waals surface area contributed by atoms with Gasteiger partial charge in [0.25, 0.3) is 0 Å². The van der Waals surface area contributed by atoms with Crippen molar-refractivity contribution in [1.82, 2.24) is 15.5 Å². The number of ether oxygens (including phenoxy) is 1. The predicted molar refractivity (Wildman–Crippen MR) is 72.5 cm³/mol. The number of rotatable bonds is 7. The molecule has 5 heteroatoms. The van der Waals surface area contributed by atoms with E-state index in [1.54, 1.807) is 0 Å². The van der Waals surface area contributed by atoms with Gasteiger partial charge >= 0.3 is 0 Å². The quantitative estimate of drug-likeness (QED) is 0.670. The predicted octanol–water partition coefficient (Wildman–Crippen LogP) is -0.0736. The first-order valence-electron chi connectivity index (χ1n) is 6.87. The molecule has 0 bridgehead atoms. The maximum Gasteiger partial charge on any atom is 0.224 e. The first kappa shape index (κ1) is 15.4. The first-order valence-corrected chi connectivity index (χ1v) is 6.87. The lowest BCUT2D eigenvalue weighted by atomic mass is 9.95. The van der Waals surface area contributed by atoms with E-state index in [1.807, 2.05) is 7.05 Å². The van der Waals surface area contributed by atoms with E-state index in [9.17, 15) is 4.79 Å². The van der Waals surface area contributed by atoms with Crippen molar-refractivity contribution in [3.8, 4) is 0 Å². The molecule has 1 aliphatic heterocycles. The maximum absolute atomic E-state index is 12.0. The van der Waals surface area contributed by atoms with E-state index >= 15 is 0 Å². The lowest BCUT2D eigenvalue weighted by molar-refractivity contribution is -0.126. The van der Waals surface area contributed by atoms with Gasteiger partial charge in [-0.2, -0.15) is 0 Å². The summed E-state index contributed by atoms with van der Waals surface area (Å²) in [6.07, 6.45) is 0. The molecule has 0 radical (unpaired) electrons. The van der Waals surface area contributed by atoms with Gasteiger partial charge in [-0.15, -0.1) is 0 Å². The summed E-state index contributed by atoms with van der Waals surface area (Å²) in [4.78, 5) is 14.3. The average Bonchev–Trinajstić information content (AvgIpc) is 2.36. The molecule has 18 heavy (non-hydrogen) atoms. The molecule has 0 aromatic rings. The van der Waals surface area contributed by atoms with Crippen molar-refractivity contribution < 1.29 is 9.53 Å². The van der Waals surface area contributed by atoms with E-state index in [2.05, 4.69) is 29.4 Å². The lowest BCUT2D eigenvalue weighted by Crippen LogP contribution is -2.44. The Balaban J connectivity index is 2.21. The van der Waals surface area contributed by atoms with Gasteiger partial charge in [0.05, 0.1) is 19.1 Å². The van der Waals surface area contributed by atoms with Gasteiger partial charge < -0.3 is 15.4 Å². The van der Waals surface area contributed by atoms with Gasteiger partial charge in [-0.1, -0.05) is 13.8 Å². The third-order valence-electron chi connectivity index (χ3n) is 3.40. The second-order valence-corrected chi connectivity index (χ2v) is 5.15. The molecule has 1 heterocycles. The number of amides is 1. The third-order valence-corrected chi connectivity index (χ3v) is 3.40. The van der Waals surface area contributed by atoms with Gasteiger partial charge in [0.2, 0.25) is 5.91 Å². The van der Waals surface area contributed by atoms with E-state index in [-0.39, 0.29) is 11.8 Å². The number of hydrogen-bond donors (Lipinski definition) is 2. The van der Waals surface area contributed by atoms with Gasteiger partial charge in [0.15, 0.2) is 0 Å². The molecule has 1 fully saturated rings. The molecule has 5 nitrogen and oxygen atoms in total. The van der Waals surface area contributed by atoms with E-state index in [1.165, 1.54) is 0 Å². The zero-order valence-corrected chi connectivity index (χ0v) is 11.9. The summed E-state index contributed by atoms with van der Waals surface area (Å²) >= 11 is 0. The number of morpholine rings is 1. The van der Waals surface area contributed by atoms with Crippen LogP contribution in [0.15, 0.2) is 0 Å². The van der Waals surface area contributed by atoms with E-state index in [0.29, 0.717) is 5.92 Å². The van der Waals surface area contributed by atoms with Crippen molar-refractivity contribution in [3.05, 3.63) is 0 Å². The van der Waals surface area contributed by atoms with Crippen molar-refractivity contribution in [2.24, 2.45) is 11.8 Å². The van der Waals surface area contributed by atoms with Crippen LogP contribution in [0.1, 0.15) is 13.8 Å². The molecule has 0 aliphatic carbocycles. The second-order valence-electron chi connectivity index (χ2n) is 5.15. The van der Waals surface area contributed by atoms with Crippen molar-refractivity contribution in [2.75, 3.05) is 53.0 Å². The van der Waals surface area contributed by atoms with E-state index in [0.717, 1.165) is 45.9 Å². The Labute approximate surface area is 110 Å². The minimum atomic E-state index is 0.0553. The average molecular weight is 257 g/mol. The summed E-state index contributed by atoms with van der Waals surface area (Å²) in [5.74, 6) is 0.577. The van der Waals surface area contributed by atoms with Crippen LogP contribution in [0.5, 0.6) is 0 Å². The Kier molecular flexibility index (Phi) is 7.23. The fraction of sp³-hybridized carbons (Fsp3) is 0.923. The molecule has 1 rings (SSSR count). The zero-order chi connectivity index (χ0) is 13.4. The summed E-state index contributed by atoms with van der Waals surface area (Å²) < 4.78 is 5.29. The van der Waals surface area contributed by atoms with Crippen LogP contribution in [0.25, 0.3) is 0 Å². The highest BCUT2D eigenvalue weighted by atomic mass is 16.5. The molecule has 0 saturated carbocycles. The highest BCUT2D eigenvalue weighted by Crippen LogP contribution is 2.09. The van der Waals surface area contributed by atoms with Gasteiger partial charge in [-0.05, 0) is 13.0 Å². The number of carbonyl (C=O) groups excluding carboxylic acids is 1. The summed E-state index contributed by atoms with van der Waals surface area (Å²) in [6.45, 7) is 10.1. The third kappa shape index (κ3) is 5.33. The fourth-order valence-corrected chi connectivity index (χ4v) is 2.14. The SMILES string of the molecule is CNCC(C(=O)NCCN1CCOCC1)C(C)C. The van der Waals surface area contributed by atoms with Crippen LogP contribution in [0, 0.1) is 11.8 Å². The summed E-state index contributed by atoms with van der Waals surface area (Å²) in [5.41, 5.74) is 0. The van der Waals surface area contributed by atoms with Crippen LogP contribution >= 0.6 is 0 Å². The standard InChI is InChI=1S/C13H27N3O2/c1-11(2)12(10-14-3)13(17)15-4-5-16-6-8-18-9-7-16/h11-12,14H,4-10H2,1-3H3,(H,15,17). The van der Waals surface area contributed by atoms with Crippen LogP contribution in [0.3, 0.4) is 0 Å². The topological polar surface area (TPSA) is 53.6 Å². The van der Waals surface area contributed by atoms with Gasteiger partial charge in [0.1, 0.15) is 0 Å². The van der Waals surface area contributed by atoms with E-state index in [4.69, 9.17) is 4.74 Å². The second kappa shape index (κ2) is 8.45. The van der Waals surface area contributed by atoms with Gasteiger partial charge in [0, 0.05) is 32.7 Å². The lowest BCUT2D eigenvalue weighted by Gasteiger charge is -2.27. The smallest absolute Gasteiger partial charge is 0.224 e. The molecule has 106 valence electrons. The first-order chi connectivity index (χ1) is 8.65. The Bertz CT molecular complexity index is 240. The minimum Gasteiger partial charge on any atom is -0.379 e. The van der Waals surface area contributed by atoms with Crippen molar-refractivity contribution in [1.29, 1.82) is 0 Å². The molecule has 0 aromatic heterocycles. The number of nitrogens with one attached hydrogen (secondary N) is 2. The van der Waals surface area contributed by atoms with Crippen molar-refractivity contribution >= 4 is 5.91 Å². The molecule has 2 N–H and O–H groups in total. The van der Waals surface area contributed by atoms with Crippen molar-refractivity contribution in [3.63, 3.8) is 0 Å². The molecule has 0 aromatic carbocycles. The fourth-order valence-electron chi connectivity index (χ4n) is 2.14. The van der Waals surface area contributed by atoms with E-state index < -0.39 is 0 Å². The Morgan fingerprint density at radius 1 is 1.33 bits per heavy atom. The van der Waals surface area contributed by atoms with Gasteiger partial charge in [-0.3, -0.25) is 9.69 Å². The number of carbonyl (C=O) groups is 1. The molecular formula is C13H27N3O2. The number of nitrogens with zero attached hydrogens (tertiary/aromatic N) is 1. The molecule has 1 saturated heterocycles. The maximum atomic E-state index is 12.0. The van der Waals surface area contributed by atoms with Crippen LogP contribution < -0.4 is 10.6 Å². The Hall–Kier alpha value is -0.650. The summed E-state index contributed by atoms with van der Waals surface area (Å²) in [7, 11) is 1.89. The van der Waals surface area contributed by atoms with Crippen LogP contribution in [0.4, 0.5) is 0 Å². The molecule has 1 amide bonds. The zero-order valence-electron chi connectivity index (χ0n) is 11.9. The molecule has 0 spiro atoms. The highest BCUT2D eigenvalue weighted by Gasteiger charge is 2.21. The molecular weight excluding hydrogens is 230 g/mol. The number of hydrogen-bond acceptors (Lipinski definition) is 4. The van der Waals surface area contributed by atoms with Crippen LogP contribution in [-0.4, -0.2) is 63.8 Å².